The Labute approximate surface area is 114 Å². The molecule has 0 bridgehead atoms. The van der Waals surface area contributed by atoms with Crippen molar-refractivity contribution in [1.29, 1.82) is 0 Å². The summed E-state index contributed by atoms with van der Waals surface area (Å²) in [5.74, 6) is 1.64. The summed E-state index contributed by atoms with van der Waals surface area (Å²) in [5.41, 5.74) is 7.18. The topological polar surface area (TPSA) is 56.5 Å². The van der Waals surface area contributed by atoms with Crippen molar-refractivity contribution in [2.45, 2.75) is 37.3 Å². The summed E-state index contributed by atoms with van der Waals surface area (Å²) in [6.07, 6.45) is 4.53. The number of methoxy groups -OCH3 is 1. The van der Waals surface area contributed by atoms with Gasteiger partial charge in [0.1, 0.15) is 6.10 Å². The van der Waals surface area contributed by atoms with Crippen molar-refractivity contribution >= 4 is 0 Å². The van der Waals surface area contributed by atoms with Crippen LogP contribution < -0.4 is 20.5 Å². The summed E-state index contributed by atoms with van der Waals surface area (Å²) in [5, 5.41) is 3.36. The van der Waals surface area contributed by atoms with Gasteiger partial charge in [-0.3, -0.25) is 0 Å². The predicted octanol–water partition coefficient (Wildman–Crippen LogP) is 1.77. The number of para-hydroxylation sites is 1. The highest BCUT2D eigenvalue weighted by Gasteiger charge is 2.43. The SMILES string of the molecule is COc1c(OC2CCCNC2)cccc1C1(N)CC1. The van der Waals surface area contributed by atoms with Crippen molar-refractivity contribution < 1.29 is 9.47 Å². The van der Waals surface area contributed by atoms with E-state index in [4.69, 9.17) is 15.2 Å². The maximum atomic E-state index is 6.30. The maximum absolute atomic E-state index is 6.30. The average Bonchev–Trinajstić information content (AvgIpc) is 3.19. The van der Waals surface area contributed by atoms with Gasteiger partial charge in [-0.2, -0.15) is 0 Å². The highest BCUT2D eigenvalue weighted by atomic mass is 16.5. The average molecular weight is 262 g/mol. The highest BCUT2D eigenvalue weighted by molar-refractivity contribution is 5.51. The van der Waals surface area contributed by atoms with E-state index in [0.717, 1.165) is 55.8 Å². The first kappa shape index (κ1) is 12.8. The van der Waals surface area contributed by atoms with Gasteiger partial charge in [0.25, 0.3) is 0 Å². The molecule has 0 spiro atoms. The Hall–Kier alpha value is -1.26. The minimum absolute atomic E-state index is 0.199. The van der Waals surface area contributed by atoms with Gasteiger partial charge in [0.05, 0.1) is 7.11 Å². The molecule has 4 nitrogen and oxygen atoms in total. The molecule has 0 amide bonds. The van der Waals surface area contributed by atoms with Crippen LogP contribution in [0.3, 0.4) is 0 Å². The summed E-state index contributed by atoms with van der Waals surface area (Å²) in [6.45, 7) is 1.99. The number of hydrogen-bond acceptors (Lipinski definition) is 4. The molecule has 19 heavy (non-hydrogen) atoms. The normalized spacial score (nSPS) is 24.8. The molecule has 0 radical (unpaired) electrons. The molecule has 1 aromatic rings. The van der Waals surface area contributed by atoms with Crippen molar-refractivity contribution in [2.75, 3.05) is 20.2 Å². The van der Waals surface area contributed by atoms with Gasteiger partial charge >= 0.3 is 0 Å². The van der Waals surface area contributed by atoms with Gasteiger partial charge in [0.2, 0.25) is 0 Å². The number of nitrogens with two attached hydrogens (primary N) is 1. The number of hydrogen-bond donors (Lipinski definition) is 2. The summed E-state index contributed by atoms with van der Waals surface area (Å²) < 4.78 is 11.7. The Bertz CT molecular complexity index is 451. The van der Waals surface area contributed by atoms with E-state index in [0.29, 0.717) is 0 Å². The minimum atomic E-state index is -0.199. The molecule has 1 saturated heterocycles. The molecule has 2 aliphatic rings. The van der Waals surface area contributed by atoms with E-state index in [1.165, 1.54) is 0 Å². The second-order valence-corrected chi connectivity index (χ2v) is 5.58. The van der Waals surface area contributed by atoms with E-state index in [2.05, 4.69) is 11.4 Å². The second kappa shape index (κ2) is 5.02. The van der Waals surface area contributed by atoms with Gasteiger partial charge < -0.3 is 20.5 Å². The third-order valence-electron chi connectivity index (χ3n) is 4.05. The lowest BCUT2D eigenvalue weighted by Gasteiger charge is -2.26. The standard InChI is InChI=1S/C15H22N2O2/c1-18-14-12(15(16)7-8-15)5-2-6-13(14)19-11-4-3-9-17-10-11/h2,5-6,11,17H,3-4,7-10,16H2,1H3. The lowest BCUT2D eigenvalue weighted by atomic mass is 10.0. The number of benzene rings is 1. The molecule has 1 aliphatic carbocycles. The zero-order valence-corrected chi connectivity index (χ0v) is 11.4. The molecule has 4 heteroatoms. The zero-order valence-electron chi connectivity index (χ0n) is 11.4. The molecule has 1 atom stereocenters. The number of piperidine rings is 1. The number of ether oxygens (including phenoxy) is 2. The van der Waals surface area contributed by atoms with E-state index in [1.807, 2.05) is 12.1 Å². The van der Waals surface area contributed by atoms with Crippen LogP contribution >= 0.6 is 0 Å². The van der Waals surface area contributed by atoms with Crippen LogP contribution in [0.2, 0.25) is 0 Å². The molecule has 1 unspecified atom stereocenters. The minimum Gasteiger partial charge on any atom is -0.493 e. The summed E-state index contributed by atoms with van der Waals surface area (Å²) in [4.78, 5) is 0. The van der Waals surface area contributed by atoms with Crippen LogP contribution in [0.5, 0.6) is 11.5 Å². The molecular formula is C15H22N2O2. The Balaban J connectivity index is 1.83. The predicted molar refractivity (Wildman–Crippen MR) is 74.6 cm³/mol. The van der Waals surface area contributed by atoms with Gasteiger partial charge in [-0.1, -0.05) is 12.1 Å². The molecule has 1 heterocycles. The first-order valence-corrected chi connectivity index (χ1v) is 7.07. The lowest BCUT2D eigenvalue weighted by molar-refractivity contribution is 0.160. The fraction of sp³-hybridized carbons (Fsp3) is 0.600. The third kappa shape index (κ3) is 2.55. The fourth-order valence-electron chi connectivity index (χ4n) is 2.72. The van der Waals surface area contributed by atoms with Crippen LogP contribution in [0, 0.1) is 0 Å². The van der Waals surface area contributed by atoms with Gasteiger partial charge in [0.15, 0.2) is 11.5 Å². The summed E-state index contributed by atoms with van der Waals surface area (Å²) >= 11 is 0. The molecule has 0 aromatic heterocycles. The molecule has 3 rings (SSSR count). The molecular weight excluding hydrogens is 240 g/mol. The fourth-order valence-corrected chi connectivity index (χ4v) is 2.72. The van der Waals surface area contributed by atoms with Gasteiger partial charge in [-0.25, -0.2) is 0 Å². The molecule has 3 N–H and O–H groups in total. The molecule has 1 aromatic carbocycles. The van der Waals surface area contributed by atoms with Crippen LogP contribution in [0.15, 0.2) is 18.2 Å². The van der Waals surface area contributed by atoms with Crippen LogP contribution in [0.25, 0.3) is 0 Å². The van der Waals surface area contributed by atoms with Crippen molar-refractivity contribution in [3.8, 4) is 11.5 Å². The molecule has 2 fully saturated rings. The van der Waals surface area contributed by atoms with E-state index >= 15 is 0 Å². The van der Waals surface area contributed by atoms with Gasteiger partial charge in [0, 0.05) is 17.6 Å². The Morgan fingerprint density at radius 2 is 2.21 bits per heavy atom. The van der Waals surface area contributed by atoms with Gasteiger partial charge in [-0.05, 0) is 38.3 Å². The Morgan fingerprint density at radius 3 is 2.84 bits per heavy atom. The van der Waals surface area contributed by atoms with E-state index in [9.17, 15) is 0 Å². The van der Waals surface area contributed by atoms with Crippen molar-refractivity contribution in [2.24, 2.45) is 5.73 Å². The monoisotopic (exact) mass is 262 g/mol. The van der Waals surface area contributed by atoms with Gasteiger partial charge in [-0.15, -0.1) is 0 Å². The second-order valence-electron chi connectivity index (χ2n) is 5.58. The number of nitrogens with one attached hydrogen (secondary N) is 1. The first-order chi connectivity index (χ1) is 9.23. The smallest absolute Gasteiger partial charge is 0.165 e. The zero-order chi connectivity index (χ0) is 13.3. The maximum Gasteiger partial charge on any atom is 0.165 e. The Morgan fingerprint density at radius 1 is 1.37 bits per heavy atom. The highest BCUT2D eigenvalue weighted by Crippen LogP contribution is 2.49. The van der Waals surface area contributed by atoms with E-state index in [1.54, 1.807) is 7.11 Å². The van der Waals surface area contributed by atoms with Crippen molar-refractivity contribution in [3.05, 3.63) is 23.8 Å². The Kier molecular flexibility index (Phi) is 3.37. The molecule has 1 saturated carbocycles. The first-order valence-electron chi connectivity index (χ1n) is 7.07. The molecule has 1 aliphatic heterocycles. The van der Waals surface area contributed by atoms with Crippen LogP contribution in [0.1, 0.15) is 31.2 Å². The summed E-state index contributed by atoms with van der Waals surface area (Å²) in [6, 6.07) is 6.04. The van der Waals surface area contributed by atoms with Crippen LogP contribution in [-0.2, 0) is 5.54 Å². The van der Waals surface area contributed by atoms with Crippen LogP contribution in [0.4, 0.5) is 0 Å². The molecule has 104 valence electrons. The number of rotatable bonds is 4. The quantitative estimate of drug-likeness (QED) is 0.868. The lowest BCUT2D eigenvalue weighted by Crippen LogP contribution is -2.37. The van der Waals surface area contributed by atoms with E-state index < -0.39 is 0 Å². The van der Waals surface area contributed by atoms with Crippen LogP contribution in [-0.4, -0.2) is 26.3 Å². The third-order valence-corrected chi connectivity index (χ3v) is 4.05. The van der Waals surface area contributed by atoms with E-state index in [-0.39, 0.29) is 11.6 Å². The van der Waals surface area contributed by atoms with Crippen molar-refractivity contribution in [1.82, 2.24) is 5.32 Å². The summed E-state index contributed by atoms with van der Waals surface area (Å²) in [7, 11) is 1.69. The largest absolute Gasteiger partial charge is 0.493 e. The van der Waals surface area contributed by atoms with Crippen molar-refractivity contribution in [3.63, 3.8) is 0 Å².